The number of hydrogen-bond acceptors (Lipinski definition) is 2. The van der Waals surface area contributed by atoms with Crippen molar-refractivity contribution in [3.05, 3.63) is 0 Å². The molecule has 3 fully saturated rings. The average Bonchev–Trinajstić information content (AvgIpc) is 2.78. The first-order valence-corrected chi connectivity index (χ1v) is 6.39. The largest absolute Gasteiger partial charge is 0.335 e. The molecule has 3 aliphatic rings. The van der Waals surface area contributed by atoms with Crippen molar-refractivity contribution < 1.29 is 4.79 Å². The second-order valence-electron chi connectivity index (χ2n) is 5.25. The zero-order valence-electron chi connectivity index (χ0n) is 9.24. The number of amides is 1. The highest BCUT2D eigenvalue weighted by atomic mass is 16.2. The monoisotopic (exact) mass is 208 g/mol. The van der Waals surface area contributed by atoms with Crippen LogP contribution < -0.4 is 5.32 Å². The molecule has 84 valence electrons. The number of hydrogen-bond donors (Lipinski definition) is 1. The van der Waals surface area contributed by atoms with Crippen LogP contribution in [-0.4, -0.2) is 36.0 Å². The third-order valence-corrected chi connectivity index (χ3v) is 4.08. The second-order valence-corrected chi connectivity index (χ2v) is 5.25. The Kier molecular flexibility index (Phi) is 2.43. The van der Waals surface area contributed by atoms with E-state index in [1.807, 2.05) is 0 Å². The van der Waals surface area contributed by atoms with Gasteiger partial charge in [-0.1, -0.05) is 6.42 Å². The van der Waals surface area contributed by atoms with E-state index >= 15 is 0 Å². The number of nitrogens with zero attached hydrogens (tertiary/aromatic N) is 1. The molecule has 3 heteroatoms. The molecule has 0 aromatic heterocycles. The lowest BCUT2D eigenvalue weighted by atomic mass is 9.84. The van der Waals surface area contributed by atoms with E-state index in [0.717, 1.165) is 32.4 Å². The highest BCUT2D eigenvalue weighted by molar-refractivity contribution is 5.80. The molecule has 1 heterocycles. The van der Waals surface area contributed by atoms with Crippen molar-refractivity contribution in [3.63, 3.8) is 0 Å². The van der Waals surface area contributed by atoms with E-state index in [-0.39, 0.29) is 0 Å². The number of carbonyl (C=O) groups excluding carboxylic acids is 1. The van der Waals surface area contributed by atoms with E-state index in [1.165, 1.54) is 19.3 Å². The topological polar surface area (TPSA) is 32.3 Å². The molecule has 1 saturated heterocycles. The molecule has 0 bridgehead atoms. The normalized spacial score (nSPS) is 31.3. The van der Waals surface area contributed by atoms with Crippen LogP contribution in [0.2, 0.25) is 0 Å². The lowest BCUT2D eigenvalue weighted by molar-refractivity contribution is -0.140. The van der Waals surface area contributed by atoms with Gasteiger partial charge in [-0.25, -0.2) is 0 Å². The van der Waals surface area contributed by atoms with E-state index in [4.69, 9.17) is 0 Å². The minimum absolute atomic E-state index is 0.381. The van der Waals surface area contributed by atoms with Gasteiger partial charge < -0.3 is 10.2 Å². The Morgan fingerprint density at radius 2 is 1.87 bits per heavy atom. The van der Waals surface area contributed by atoms with Gasteiger partial charge in [-0.05, 0) is 38.6 Å². The van der Waals surface area contributed by atoms with Gasteiger partial charge in [-0.2, -0.15) is 0 Å². The van der Waals surface area contributed by atoms with Gasteiger partial charge in [0.2, 0.25) is 5.91 Å². The summed E-state index contributed by atoms with van der Waals surface area (Å²) in [6.07, 6.45) is 7.20. The molecule has 0 aromatic carbocycles. The van der Waals surface area contributed by atoms with Crippen LogP contribution in [-0.2, 0) is 4.79 Å². The van der Waals surface area contributed by atoms with Gasteiger partial charge in [0.25, 0.3) is 0 Å². The van der Waals surface area contributed by atoms with Crippen molar-refractivity contribution in [1.29, 1.82) is 0 Å². The Bertz CT molecular complexity index is 252. The highest BCUT2D eigenvalue weighted by Crippen LogP contribution is 2.36. The summed E-state index contributed by atoms with van der Waals surface area (Å²) in [6, 6.07) is 1.11. The zero-order valence-corrected chi connectivity index (χ0v) is 9.24. The molecule has 1 unspecified atom stereocenters. The van der Waals surface area contributed by atoms with Gasteiger partial charge in [0, 0.05) is 24.5 Å². The Morgan fingerprint density at radius 1 is 1.07 bits per heavy atom. The Labute approximate surface area is 91.2 Å². The predicted octanol–water partition coefficient (Wildman–Crippen LogP) is 1.14. The minimum atomic E-state index is 0.381. The maximum Gasteiger partial charge on any atom is 0.226 e. The molecule has 0 aromatic rings. The molecule has 2 saturated carbocycles. The van der Waals surface area contributed by atoms with Crippen LogP contribution in [0.4, 0.5) is 0 Å². The summed E-state index contributed by atoms with van der Waals surface area (Å²) in [5, 5.41) is 3.37. The number of nitrogens with one attached hydrogen (secondary N) is 1. The van der Waals surface area contributed by atoms with Crippen molar-refractivity contribution in [2.24, 2.45) is 5.92 Å². The summed E-state index contributed by atoms with van der Waals surface area (Å²) < 4.78 is 0. The van der Waals surface area contributed by atoms with Gasteiger partial charge >= 0.3 is 0 Å². The van der Waals surface area contributed by atoms with Crippen LogP contribution in [0.3, 0.4) is 0 Å². The van der Waals surface area contributed by atoms with Crippen LogP contribution in [0.25, 0.3) is 0 Å². The van der Waals surface area contributed by atoms with Crippen LogP contribution in [0.15, 0.2) is 0 Å². The summed E-state index contributed by atoms with van der Waals surface area (Å²) in [5.74, 6) is 0.851. The third-order valence-electron chi connectivity index (χ3n) is 4.08. The first-order valence-electron chi connectivity index (χ1n) is 6.39. The Hall–Kier alpha value is -0.570. The van der Waals surface area contributed by atoms with Crippen molar-refractivity contribution in [2.75, 3.05) is 13.1 Å². The molecular weight excluding hydrogens is 188 g/mol. The van der Waals surface area contributed by atoms with Crippen molar-refractivity contribution >= 4 is 5.91 Å². The van der Waals surface area contributed by atoms with Crippen LogP contribution >= 0.6 is 0 Å². The molecule has 0 spiro atoms. The lowest BCUT2D eigenvalue weighted by Crippen LogP contribution is -2.47. The maximum atomic E-state index is 12.3. The van der Waals surface area contributed by atoms with E-state index < -0.39 is 0 Å². The fraction of sp³-hybridized carbons (Fsp3) is 0.917. The highest BCUT2D eigenvalue weighted by Gasteiger charge is 2.41. The molecule has 15 heavy (non-hydrogen) atoms. The summed E-state index contributed by atoms with van der Waals surface area (Å²) in [4.78, 5) is 14.5. The average molecular weight is 208 g/mol. The molecule has 1 N–H and O–H groups in total. The zero-order chi connectivity index (χ0) is 10.3. The molecular formula is C12H20N2O. The standard InChI is InChI=1S/C12H20N2O/c15-12(9-2-1-3-9)14(10-4-5-10)11-6-7-13-8-11/h9-11,13H,1-8H2. The summed E-state index contributed by atoms with van der Waals surface area (Å²) in [6.45, 7) is 2.11. The van der Waals surface area contributed by atoms with E-state index in [0.29, 0.717) is 23.9 Å². The smallest absolute Gasteiger partial charge is 0.226 e. The van der Waals surface area contributed by atoms with E-state index in [2.05, 4.69) is 10.2 Å². The number of rotatable bonds is 3. The SMILES string of the molecule is O=C(C1CCC1)N(C1CC1)C1CCNC1. The Morgan fingerprint density at radius 3 is 2.33 bits per heavy atom. The fourth-order valence-corrected chi connectivity index (χ4v) is 2.75. The van der Waals surface area contributed by atoms with Crippen LogP contribution in [0.5, 0.6) is 0 Å². The van der Waals surface area contributed by atoms with Gasteiger partial charge in [-0.15, -0.1) is 0 Å². The first-order chi connectivity index (χ1) is 7.36. The van der Waals surface area contributed by atoms with Gasteiger partial charge in [0.1, 0.15) is 0 Å². The molecule has 1 amide bonds. The van der Waals surface area contributed by atoms with Gasteiger partial charge in [0.15, 0.2) is 0 Å². The maximum absolute atomic E-state index is 12.3. The molecule has 3 rings (SSSR count). The lowest BCUT2D eigenvalue weighted by Gasteiger charge is -2.35. The van der Waals surface area contributed by atoms with E-state index in [9.17, 15) is 4.79 Å². The third kappa shape index (κ3) is 1.78. The fourth-order valence-electron chi connectivity index (χ4n) is 2.75. The van der Waals surface area contributed by atoms with Crippen molar-refractivity contribution in [2.45, 2.75) is 50.6 Å². The molecule has 1 atom stereocenters. The van der Waals surface area contributed by atoms with E-state index in [1.54, 1.807) is 0 Å². The predicted molar refractivity (Wildman–Crippen MR) is 58.5 cm³/mol. The molecule has 3 nitrogen and oxygen atoms in total. The first kappa shape index (κ1) is 9.64. The molecule has 0 radical (unpaired) electrons. The van der Waals surface area contributed by atoms with Gasteiger partial charge in [-0.3, -0.25) is 4.79 Å². The second kappa shape index (κ2) is 3.78. The van der Waals surface area contributed by atoms with Crippen molar-refractivity contribution in [3.8, 4) is 0 Å². The molecule has 1 aliphatic heterocycles. The minimum Gasteiger partial charge on any atom is -0.335 e. The number of carbonyl (C=O) groups is 1. The summed E-state index contributed by atoms with van der Waals surface area (Å²) in [5.41, 5.74) is 0. The Balaban J connectivity index is 1.68. The van der Waals surface area contributed by atoms with Gasteiger partial charge in [0.05, 0.1) is 0 Å². The molecule has 2 aliphatic carbocycles. The van der Waals surface area contributed by atoms with Crippen molar-refractivity contribution in [1.82, 2.24) is 10.2 Å². The summed E-state index contributed by atoms with van der Waals surface area (Å²) >= 11 is 0. The summed E-state index contributed by atoms with van der Waals surface area (Å²) in [7, 11) is 0. The quantitative estimate of drug-likeness (QED) is 0.754. The van der Waals surface area contributed by atoms with Crippen LogP contribution in [0.1, 0.15) is 38.5 Å². The van der Waals surface area contributed by atoms with Crippen LogP contribution in [0, 0.1) is 5.92 Å².